The Labute approximate surface area is 108 Å². The third-order valence-corrected chi connectivity index (χ3v) is 2.54. The topological polar surface area (TPSA) is 71.5 Å². The first kappa shape index (κ1) is 15.5. The quantitative estimate of drug-likeness (QED) is 0.487. The lowest BCUT2D eigenvalue weighted by Crippen LogP contribution is -2.33. The molecule has 0 aliphatic carbocycles. The van der Waals surface area contributed by atoms with Crippen LogP contribution < -0.4 is 11.3 Å². The lowest BCUT2D eigenvalue weighted by Gasteiger charge is -2.20. The number of nitrogen functional groups attached to an aromatic ring is 1. The first-order chi connectivity index (χ1) is 8.76. The van der Waals surface area contributed by atoms with Crippen LogP contribution in [-0.2, 0) is 6.54 Å². The number of alkyl halides is 3. The molecule has 0 aromatic carbocycles. The number of nitrogens with two attached hydrogens (primary N) is 1. The van der Waals surface area contributed by atoms with Crippen LogP contribution in [0.2, 0.25) is 0 Å². The van der Waals surface area contributed by atoms with Gasteiger partial charge in [-0.15, -0.1) is 0 Å². The van der Waals surface area contributed by atoms with Crippen LogP contribution in [0.3, 0.4) is 0 Å². The van der Waals surface area contributed by atoms with Crippen molar-refractivity contribution >= 4 is 5.91 Å². The fraction of sp³-hybridized carbons (Fsp3) is 0.545. The lowest BCUT2D eigenvalue weighted by atomic mass is 10.2. The van der Waals surface area contributed by atoms with Crippen molar-refractivity contribution in [2.45, 2.75) is 26.6 Å². The number of hydrazine groups is 1. The van der Waals surface area contributed by atoms with E-state index in [0.29, 0.717) is 11.3 Å². The number of aryl methyl sites for hydroxylation is 1. The van der Waals surface area contributed by atoms with Crippen molar-refractivity contribution in [3.63, 3.8) is 0 Å². The van der Waals surface area contributed by atoms with Gasteiger partial charge in [-0.05, 0) is 19.5 Å². The summed E-state index contributed by atoms with van der Waals surface area (Å²) in [4.78, 5) is 12.5. The van der Waals surface area contributed by atoms with Gasteiger partial charge < -0.3 is 4.42 Å². The molecule has 1 amide bonds. The van der Waals surface area contributed by atoms with Crippen molar-refractivity contribution in [3.8, 4) is 0 Å². The maximum Gasteiger partial charge on any atom is 0.401 e. The molecule has 0 fully saturated rings. The van der Waals surface area contributed by atoms with Crippen molar-refractivity contribution in [1.82, 2.24) is 10.3 Å². The van der Waals surface area contributed by atoms with Gasteiger partial charge in [0.2, 0.25) is 0 Å². The standard InChI is InChI=1S/C11H16F3N3O2/c1-3-17(6-11(12,13)14)5-8-4-7(2)9(19-8)10(18)16-15/h4H,3,5-6,15H2,1-2H3,(H,16,18). The molecule has 1 rings (SSSR count). The van der Waals surface area contributed by atoms with Gasteiger partial charge in [-0.3, -0.25) is 15.1 Å². The van der Waals surface area contributed by atoms with Crippen LogP contribution in [0.1, 0.15) is 28.8 Å². The number of nitrogens with zero attached hydrogens (tertiary/aromatic N) is 1. The van der Waals surface area contributed by atoms with Crippen LogP contribution in [0.5, 0.6) is 0 Å². The molecule has 0 radical (unpaired) electrons. The molecule has 8 heteroatoms. The first-order valence-electron chi connectivity index (χ1n) is 5.66. The highest BCUT2D eigenvalue weighted by atomic mass is 19.4. The molecule has 0 bridgehead atoms. The molecule has 19 heavy (non-hydrogen) atoms. The molecule has 0 aliphatic rings. The second kappa shape index (κ2) is 6.07. The molecule has 0 unspecified atom stereocenters. The van der Waals surface area contributed by atoms with Crippen molar-refractivity contribution in [2.75, 3.05) is 13.1 Å². The monoisotopic (exact) mass is 279 g/mol. The number of carbonyl (C=O) groups excluding carboxylic acids is 1. The fourth-order valence-corrected chi connectivity index (χ4v) is 1.67. The Morgan fingerprint density at radius 2 is 2.16 bits per heavy atom. The van der Waals surface area contributed by atoms with Crippen molar-refractivity contribution in [2.24, 2.45) is 5.84 Å². The van der Waals surface area contributed by atoms with Gasteiger partial charge in [-0.1, -0.05) is 6.92 Å². The highest BCUT2D eigenvalue weighted by molar-refractivity contribution is 5.92. The summed E-state index contributed by atoms with van der Waals surface area (Å²) >= 11 is 0. The van der Waals surface area contributed by atoms with Crippen molar-refractivity contribution in [1.29, 1.82) is 0 Å². The molecule has 0 aliphatic heterocycles. The molecule has 1 heterocycles. The van der Waals surface area contributed by atoms with Gasteiger partial charge in [-0.2, -0.15) is 13.2 Å². The predicted molar refractivity (Wildman–Crippen MR) is 62.1 cm³/mol. The van der Waals surface area contributed by atoms with E-state index < -0.39 is 18.6 Å². The summed E-state index contributed by atoms with van der Waals surface area (Å²) in [5, 5.41) is 0. The zero-order valence-electron chi connectivity index (χ0n) is 10.7. The minimum atomic E-state index is -4.27. The van der Waals surface area contributed by atoms with Crippen molar-refractivity contribution < 1.29 is 22.4 Å². The minimum Gasteiger partial charge on any atom is -0.454 e. The number of halogens is 3. The number of hydrogen-bond acceptors (Lipinski definition) is 4. The molecular formula is C11H16F3N3O2. The van der Waals surface area contributed by atoms with E-state index >= 15 is 0 Å². The Kier molecular flexibility index (Phi) is 4.96. The normalized spacial score (nSPS) is 11.9. The highest BCUT2D eigenvalue weighted by Gasteiger charge is 2.30. The Morgan fingerprint density at radius 3 is 2.63 bits per heavy atom. The molecule has 3 N–H and O–H groups in total. The van der Waals surface area contributed by atoms with Crippen LogP contribution >= 0.6 is 0 Å². The number of carbonyl (C=O) groups is 1. The number of amides is 1. The van der Waals surface area contributed by atoms with Gasteiger partial charge in [0, 0.05) is 5.56 Å². The van der Waals surface area contributed by atoms with Crippen LogP contribution in [-0.4, -0.2) is 30.1 Å². The number of hydrogen-bond donors (Lipinski definition) is 2. The first-order valence-corrected chi connectivity index (χ1v) is 5.66. The lowest BCUT2D eigenvalue weighted by molar-refractivity contribution is -0.147. The van der Waals surface area contributed by atoms with Gasteiger partial charge in [0.25, 0.3) is 0 Å². The van der Waals surface area contributed by atoms with Crippen LogP contribution in [0.25, 0.3) is 0 Å². The van der Waals surface area contributed by atoms with Crippen LogP contribution in [0.15, 0.2) is 10.5 Å². The zero-order chi connectivity index (χ0) is 14.6. The van der Waals surface area contributed by atoms with E-state index in [-0.39, 0.29) is 18.8 Å². The summed E-state index contributed by atoms with van der Waals surface area (Å²) in [5.74, 6) is 4.67. The predicted octanol–water partition coefficient (Wildman–Crippen LogP) is 1.58. The molecule has 0 atom stereocenters. The second-order valence-corrected chi connectivity index (χ2v) is 4.12. The number of nitrogens with one attached hydrogen (secondary N) is 1. The molecule has 108 valence electrons. The van der Waals surface area contributed by atoms with Gasteiger partial charge >= 0.3 is 12.1 Å². The van der Waals surface area contributed by atoms with Gasteiger partial charge in [0.1, 0.15) is 5.76 Å². The zero-order valence-corrected chi connectivity index (χ0v) is 10.7. The summed E-state index contributed by atoms with van der Waals surface area (Å²) in [6, 6.07) is 1.53. The third kappa shape index (κ3) is 4.56. The average molecular weight is 279 g/mol. The van der Waals surface area contributed by atoms with Crippen LogP contribution in [0.4, 0.5) is 13.2 Å². The second-order valence-electron chi connectivity index (χ2n) is 4.12. The fourth-order valence-electron chi connectivity index (χ4n) is 1.67. The Morgan fingerprint density at radius 1 is 1.53 bits per heavy atom. The van der Waals surface area contributed by atoms with E-state index in [9.17, 15) is 18.0 Å². The molecule has 0 saturated heterocycles. The van der Waals surface area contributed by atoms with E-state index in [4.69, 9.17) is 10.3 Å². The highest BCUT2D eigenvalue weighted by Crippen LogP contribution is 2.20. The van der Waals surface area contributed by atoms with E-state index in [1.165, 1.54) is 11.0 Å². The maximum atomic E-state index is 12.3. The Hall–Kier alpha value is -1.54. The number of furan rings is 1. The van der Waals surface area contributed by atoms with E-state index in [1.54, 1.807) is 13.8 Å². The van der Waals surface area contributed by atoms with E-state index in [1.807, 2.05) is 5.43 Å². The Balaban J connectivity index is 2.78. The molecule has 5 nitrogen and oxygen atoms in total. The molecule has 1 aromatic heterocycles. The van der Waals surface area contributed by atoms with Gasteiger partial charge in [-0.25, -0.2) is 5.84 Å². The summed E-state index contributed by atoms with van der Waals surface area (Å²) in [6.07, 6.45) is -4.27. The van der Waals surface area contributed by atoms with E-state index in [0.717, 1.165) is 0 Å². The Bertz CT molecular complexity index is 443. The molecule has 0 spiro atoms. The van der Waals surface area contributed by atoms with Crippen LogP contribution in [0, 0.1) is 6.92 Å². The van der Waals surface area contributed by atoms with Gasteiger partial charge in [0.05, 0.1) is 13.1 Å². The largest absolute Gasteiger partial charge is 0.454 e. The molecular weight excluding hydrogens is 263 g/mol. The molecule has 0 saturated carbocycles. The summed E-state index contributed by atoms with van der Waals surface area (Å²) < 4.78 is 42.1. The summed E-state index contributed by atoms with van der Waals surface area (Å²) in [6.45, 7) is 2.42. The average Bonchev–Trinajstić information content (AvgIpc) is 2.66. The van der Waals surface area contributed by atoms with Gasteiger partial charge in [0.15, 0.2) is 5.76 Å². The smallest absolute Gasteiger partial charge is 0.401 e. The van der Waals surface area contributed by atoms with E-state index in [2.05, 4.69) is 0 Å². The summed E-state index contributed by atoms with van der Waals surface area (Å²) in [5.41, 5.74) is 2.44. The number of rotatable bonds is 5. The van der Waals surface area contributed by atoms with Crippen molar-refractivity contribution in [3.05, 3.63) is 23.2 Å². The maximum absolute atomic E-state index is 12.3. The summed E-state index contributed by atoms with van der Waals surface area (Å²) in [7, 11) is 0. The molecule has 1 aromatic rings. The SMILES string of the molecule is CCN(Cc1cc(C)c(C(=O)NN)o1)CC(F)(F)F. The minimum absolute atomic E-state index is 0.0144. The third-order valence-electron chi connectivity index (χ3n) is 2.54.